The third-order valence-corrected chi connectivity index (χ3v) is 5.69. The molecule has 0 N–H and O–H groups in total. The maximum atomic E-state index is 12.9. The van der Waals surface area contributed by atoms with Gasteiger partial charge in [0.2, 0.25) is 0 Å². The number of nitro groups is 1. The first kappa shape index (κ1) is 18.2. The third-order valence-electron chi connectivity index (χ3n) is 3.37. The molecule has 6 nitrogen and oxygen atoms in total. The Hall–Kier alpha value is -2.19. The number of benzene rings is 2. The molecule has 0 aliphatic rings. The fraction of sp³-hybridized carbons (Fsp3) is 0.125. The summed E-state index contributed by atoms with van der Waals surface area (Å²) >= 11 is 3.30. The maximum absolute atomic E-state index is 12.9. The molecule has 8 heteroatoms. The molecule has 126 valence electrons. The molecule has 0 spiro atoms. The van der Waals surface area contributed by atoms with E-state index in [0.717, 1.165) is 14.8 Å². The zero-order chi connectivity index (χ0) is 17.9. The Kier molecular flexibility index (Phi) is 5.40. The Labute approximate surface area is 148 Å². The minimum atomic E-state index is -3.96. The number of aryl methyl sites for hydroxylation is 1. The van der Waals surface area contributed by atoms with E-state index in [9.17, 15) is 18.5 Å². The monoisotopic (exact) mass is 410 g/mol. The molecule has 2 aromatic carbocycles. The van der Waals surface area contributed by atoms with Gasteiger partial charge in [-0.15, -0.1) is 6.58 Å². The standard InChI is InChI=1S/C16H15BrN2O4S/c1-3-10-18(14-7-5-13(17)6-8-14)24(22,23)15-9-4-12(2)16(11-15)19(20)21/h3-9,11H,1,10H2,2H3. The van der Waals surface area contributed by atoms with Gasteiger partial charge in [-0.2, -0.15) is 0 Å². The van der Waals surface area contributed by atoms with Gasteiger partial charge in [0.1, 0.15) is 0 Å². The second kappa shape index (κ2) is 7.14. The van der Waals surface area contributed by atoms with Crippen LogP contribution in [-0.2, 0) is 10.0 Å². The summed E-state index contributed by atoms with van der Waals surface area (Å²) in [6.07, 6.45) is 1.46. The molecule has 0 saturated carbocycles. The lowest BCUT2D eigenvalue weighted by Gasteiger charge is -2.23. The van der Waals surface area contributed by atoms with Crippen LogP contribution in [0.2, 0.25) is 0 Å². The molecule has 24 heavy (non-hydrogen) atoms. The number of anilines is 1. The predicted octanol–water partition coefficient (Wildman–Crippen LogP) is 4.05. The second-order valence-electron chi connectivity index (χ2n) is 5.01. The van der Waals surface area contributed by atoms with E-state index >= 15 is 0 Å². The molecule has 0 aliphatic heterocycles. The average Bonchev–Trinajstić information content (AvgIpc) is 2.53. The summed E-state index contributed by atoms with van der Waals surface area (Å²) in [4.78, 5) is 10.4. The fourth-order valence-electron chi connectivity index (χ4n) is 2.14. The lowest BCUT2D eigenvalue weighted by atomic mass is 10.2. The van der Waals surface area contributed by atoms with Crippen LogP contribution in [-0.4, -0.2) is 19.9 Å². The predicted molar refractivity (Wildman–Crippen MR) is 96.7 cm³/mol. The molecule has 0 radical (unpaired) electrons. The summed E-state index contributed by atoms with van der Waals surface area (Å²) in [6.45, 7) is 5.19. The van der Waals surface area contributed by atoms with Gasteiger partial charge in [-0.1, -0.05) is 28.1 Å². The van der Waals surface area contributed by atoms with Gasteiger partial charge in [0.15, 0.2) is 0 Å². The van der Waals surface area contributed by atoms with Crippen LogP contribution in [0.15, 0.2) is 64.5 Å². The molecule has 0 bridgehead atoms. The molecule has 0 aromatic heterocycles. The van der Waals surface area contributed by atoms with Gasteiger partial charge in [0.05, 0.1) is 22.1 Å². The van der Waals surface area contributed by atoms with E-state index in [-0.39, 0.29) is 17.1 Å². The van der Waals surface area contributed by atoms with Gasteiger partial charge >= 0.3 is 0 Å². The van der Waals surface area contributed by atoms with Crippen LogP contribution in [0.5, 0.6) is 0 Å². The molecule has 0 aliphatic carbocycles. The SMILES string of the molecule is C=CCN(c1ccc(Br)cc1)S(=O)(=O)c1ccc(C)c([N+](=O)[O-])c1. The first-order chi connectivity index (χ1) is 11.3. The molecule has 0 saturated heterocycles. The van der Waals surface area contributed by atoms with E-state index in [1.807, 2.05) is 0 Å². The van der Waals surface area contributed by atoms with E-state index in [2.05, 4.69) is 22.5 Å². The topological polar surface area (TPSA) is 80.5 Å². The van der Waals surface area contributed by atoms with Crippen molar-refractivity contribution >= 4 is 37.3 Å². The first-order valence-electron chi connectivity index (χ1n) is 6.91. The third kappa shape index (κ3) is 3.65. The van der Waals surface area contributed by atoms with Gasteiger partial charge in [-0.3, -0.25) is 14.4 Å². The molecular weight excluding hydrogens is 396 g/mol. The lowest BCUT2D eigenvalue weighted by Crippen LogP contribution is -2.31. The second-order valence-corrected chi connectivity index (χ2v) is 7.78. The van der Waals surface area contributed by atoms with Crippen LogP contribution in [0.25, 0.3) is 0 Å². The number of sulfonamides is 1. The highest BCUT2D eigenvalue weighted by Crippen LogP contribution is 2.28. The molecule has 0 atom stereocenters. The minimum Gasteiger partial charge on any atom is -0.263 e. The Bertz CT molecular complexity index is 879. The molecule has 0 amide bonds. The van der Waals surface area contributed by atoms with E-state index in [1.165, 1.54) is 18.2 Å². The van der Waals surface area contributed by atoms with Gasteiger partial charge in [-0.05, 0) is 37.3 Å². The summed E-state index contributed by atoms with van der Waals surface area (Å²) in [5, 5.41) is 11.1. The van der Waals surface area contributed by atoms with E-state index in [4.69, 9.17) is 0 Å². The largest absolute Gasteiger partial charge is 0.273 e. The van der Waals surface area contributed by atoms with Crippen LogP contribution < -0.4 is 4.31 Å². The van der Waals surface area contributed by atoms with Crippen molar-refractivity contribution in [3.8, 4) is 0 Å². The normalized spacial score (nSPS) is 11.1. The Morgan fingerprint density at radius 3 is 2.42 bits per heavy atom. The molecule has 0 heterocycles. The molecular formula is C16H15BrN2O4S. The Balaban J connectivity index is 2.56. The maximum Gasteiger partial charge on any atom is 0.273 e. The minimum absolute atomic E-state index is 0.0473. The smallest absolute Gasteiger partial charge is 0.263 e. The molecule has 2 aromatic rings. The molecule has 2 rings (SSSR count). The van der Waals surface area contributed by atoms with Crippen molar-refractivity contribution in [1.82, 2.24) is 0 Å². The zero-order valence-corrected chi connectivity index (χ0v) is 15.2. The first-order valence-corrected chi connectivity index (χ1v) is 9.15. The van der Waals surface area contributed by atoms with Crippen LogP contribution >= 0.6 is 15.9 Å². The number of halogens is 1. The van der Waals surface area contributed by atoms with Crippen molar-refractivity contribution in [1.29, 1.82) is 0 Å². The van der Waals surface area contributed by atoms with Gasteiger partial charge in [-0.25, -0.2) is 8.42 Å². The number of hydrogen-bond acceptors (Lipinski definition) is 4. The summed E-state index contributed by atoms with van der Waals surface area (Å²) in [5.41, 5.74) is 0.615. The van der Waals surface area contributed by atoms with Gasteiger partial charge in [0, 0.05) is 16.1 Å². The van der Waals surface area contributed by atoms with E-state index in [0.29, 0.717) is 11.3 Å². The number of hydrogen-bond donors (Lipinski definition) is 0. The highest BCUT2D eigenvalue weighted by atomic mass is 79.9. The summed E-state index contributed by atoms with van der Waals surface area (Å²) in [5.74, 6) is 0. The average molecular weight is 411 g/mol. The van der Waals surface area contributed by atoms with Crippen molar-refractivity contribution in [2.75, 3.05) is 10.8 Å². The van der Waals surface area contributed by atoms with Crippen molar-refractivity contribution in [3.63, 3.8) is 0 Å². The highest BCUT2D eigenvalue weighted by Gasteiger charge is 2.26. The van der Waals surface area contributed by atoms with E-state index < -0.39 is 14.9 Å². The zero-order valence-electron chi connectivity index (χ0n) is 12.8. The van der Waals surface area contributed by atoms with Crippen molar-refractivity contribution in [2.45, 2.75) is 11.8 Å². The number of nitro benzene ring substituents is 1. The fourth-order valence-corrected chi connectivity index (χ4v) is 3.86. The van der Waals surface area contributed by atoms with Crippen LogP contribution in [0, 0.1) is 17.0 Å². The Morgan fingerprint density at radius 2 is 1.88 bits per heavy atom. The summed E-state index contributed by atoms with van der Waals surface area (Å²) in [6, 6.07) is 10.6. The quantitative estimate of drug-likeness (QED) is 0.408. The van der Waals surface area contributed by atoms with Crippen LogP contribution in [0.3, 0.4) is 0 Å². The number of nitrogens with zero attached hydrogens (tertiary/aromatic N) is 2. The van der Waals surface area contributed by atoms with Crippen molar-refractivity contribution < 1.29 is 13.3 Å². The molecule has 0 unspecified atom stereocenters. The van der Waals surface area contributed by atoms with Gasteiger partial charge < -0.3 is 0 Å². The lowest BCUT2D eigenvalue weighted by molar-refractivity contribution is -0.385. The van der Waals surface area contributed by atoms with E-state index in [1.54, 1.807) is 31.2 Å². The highest BCUT2D eigenvalue weighted by molar-refractivity contribution is 9.10. The van der Waals surface area contributed by atoms with Gasteiger partial charge in [0.25, 0.3) is 15.7 Å². The summed E-state index contributed by atoms with van der Waals surface area (Å²) in [7, 11) is -3.96. The Morgan fingerprint density at radius 1 is 1.25 bits per heavy atom. The van der Waals surface area contributed by atoms with Crippen molar-refractivity contribution in [3.05, 3.63) is 75.3 Å². The summed E-state index contributed by atoms with van der Waals surface area (Å²) < 4.78 is 27.8. The van der Waals surface area contributed by atoms with Crippen molar-refractivity contribution in [2.24, 2.45) is 0 Å². The van der Waals surface area contributed by atoms with Crippen LogP contribution in [0.4, 0.5) is 11.4 Å². The van der Waals surface area contributed by atoms with Crippen LogP contribution in [0.1, 0.15) is 5.56 Å². The molecule has 0 fully saturated rings. The number of rotatable bonds is 6.